The molecule has 1 saturated heterocycles. The van der Waals surface area contributed by atoms with Gasteiger partial charge in [0.25, 0.3) is 5.91 Å². The third-order valence-electron chi connectivity index (χ3n) is 2.75. The van der Waals surface area contributed by atoms with Gasteiger partial charge in [-0.2, -0.15) is 5.10 Å². The molecule has 7 heteroatoms. The van der Waals surface area contributed by atoms with Crippen LogP contribution in [0.2, 0.25) is 0 Å². The maximum atomic E-state index is 12.3. The zero-order valence-corrected chi connectivity index (χ0v) is 12.2. The molecule has 1 unspecified atom stereocenters. The van der Waals surface area contributed by atoms with E-state index in [2.05, 4.69) is 33.3 Å². The zero-order valence-electron chi connectivity index (χ0n) is 9.81. The van der Waals surface area contributed by atoms with E-state index in [1.165, 1.54) is 0 Å². The number of aryl methyl sites for hydroxylation is 1. The molecule has 0 aliphatic carbocycles. The van der Waals surface area contributed by atoms with E-state index in [-0.39, 0.29) is 18.3 Å². The quantitative estimate of drug-likeness (QED) is 0.840. The summed E-state index contributed by atoms with van der Waals surface area (Å²) in [5.74, 6) is 0.0419. The first-order valence-electron chi connectivity index (χ1n) is 5.29. The maximum Gasteiger partial charge on any atom is 0.273 e. The van der Waals surface area contributed by atoms with Crippen molar-refractivity contribution in [3.05, 3.63) is 16.4 Å². The van der Waals surface area contributed by atoms with E-state index in [9.17, 15) is 4.79 Å². The maximum absolute atomic E-state index is 12.3. The van der Waals surface area contributed by atoms with Gasteiger partial charge in [0.1, 0.15) is 5.69 Å². The Bertz CT molecular complexity index is 390. The molecule has 5 nitrogen and oxygen atoms in total. The van der Waals surface area contributed by atoms with Crippen LogP contribution < -0.4 is 5.32 Å². The Labute approximate surface area is 115 Å². The number of aromatic nitrogens is 2. The molecule has 1 aliphatic heterocycles. The minimum Gasteiger partial charge on any atom is -0.334 e. The number of carbonyl (C=O) groups excluding carboxylic acids is 1. The summed E-state index contributed by atoms with van der Waals surface area (Å²) in [4.78, 5) is 14.1. The van der Waals surface area contributed by atoms with Crippen LogP contribution in [0.3, 0.4) is 0 Å². The Morgan fingerprint density at radius 1 is 1.65 bits per heavy atom. The summed E-state index contributed by atoms with van der Waals surface area (Å²) in [6.45, 7) is 4.43. The monoisotopic (exact) mass is 322 g/mol. The fourth-order valence-corrected chi connectivity index (χ4v) is 2.44. The first kappa shape index (κ1) is 14.5. The van der Waals surface area contributed by atoms with Crippen LogP contribution >= 0.6 is 28.3 Å². The minimum absolute atomic E-state index is 0. The van der Waals surface area contributed by atoms with Crippen LogP contribution in [0.25, 0.3) is 0 Å². The van der Waals surface area contributed by atoms with Crippen LogP contribution in [0.15, 0.2) is 10.7 Å². The van der Waals surface area contributed by atoms with Crippen molar-refractivity contribution >= 4 is 34.2 Å². The molecule has 1 aliphatic rings. The summed E-state index contributed by atoms with van der Waals surface area (Å²) < 4.78 is 2.37. The summed E-state index contributed by atoms with van der Waals surface area (Å²) in [7, 11) is 1.78. The van der Waals surface area contributed by atoms with Crippen LogP contribution in [0.5, 0.6) is 0 Å². The molecule has 1 atom stereocenters. The molecular formula is C10H16BrClN4O. The highest BCUT2D eigenvalue weighted by atomic mass is 79.9. The van der Waals surface area contributed by atoms with Crippen LogP contribution in [-0.2, 0) is 7.05 Å². The number of nitrogens with one attached hydrogen (secondary N) is 1. The molecule has 1 aromatic rings. The largest absolute Gasteiger partial charge is 0.334 e. The third-order valence-corrected chi connectivity index (χ3v) is 3.33. The van der Waals surface area contributed by atoms with Gasteiger partial charge in [-0.25, -0.2) is 0 Å². The first-order chi connectivity index (χ1) is 7.59. The Balaban J connectivity index is 0.00000144. The zero-order chi connectivity index (χ0) is 11.7. The van der Waals surface area contributed by atoms with Gasteiger partial charge < -0.3 is 10.2 Å². The molecule has 0 saturated carbocycles. The number of hydrogen-bond acceptors (Lipinski definition) is 3. The number of rotatable bonds is 1. The lowest BCUT2D eigenvalue weighted by Gasteiger charge is -2.31. The summed E-state index contributed by atoms with van der Waals surface area (Å²) in [6, 6.07) is 0.352. The second kappa shape index (κ2) is 5.84. The third kappa shape index (κ3) is 3.00. The average molecular weight is 324 g/mol. The van der Waals surface area contributed by atoms with Crippen molar-refractivity contribution in [2.24, 2.45) is 7.05 Å². The summed E-state index contributed by atoms with van der Waals surface area (Å²) in [5, 5.41) is 7.37. The smallest absolute Gasteiger partial charge is 0.273 e. The van der Waals surface area contributed by atoms with Crippen LogP contribution in [0, 0.1) is 0 Å². The van der Waals surface area contributed by atoms with E-state index in [0.717, 1.165) is 24.1 Å². The number of amides is 1. The van der Waals surface area contributed by atoms with Gasteiger partial charge >= 0.3 is 0 Å². The van der Waals surface area contributed by atoms with E-state index >= 15 is 0 Å². The standard InChI is InChI=1S/C10H15BrN4O.ClH/c1-7-6-15(4-3-12-7)10(16)9-8(11)5-13-14(9)2;/h5,7,12H,3-4,6H2,1-2H3;1H. The molecule has 0 bridgehead atoms. The molecule has 0 aromatic carbocycles. The van der Waals surface area contributed by atoms with Gasteiger partial charge in [-0.15, -0.1) is 12.4 Å². The van der Waals surface area contributed by atoms with Crippen LogP contribution in [0.4, 0.5) is 0 Å². The van der Waals surface area contributed by atoms with Crippen molar-refractivity contribution in [1.82, 2.24) is 20.0 Å². The number of hydrogen-bond donors (Lipinski definition) is 1. The lowest BCUT2D eigenvalue weighted by Crippen LogP contribution is -2.51. The fourth-order valence-electron chi connectivity index (χ4n) is 1.92. The summed E-state index contributed by atoms with van der Waals surface area (Å²) >= 11 is 3.35. The van der Waals surface area contributed by atoms with Gasteiger partial charge in [-0.05, 0) is 22.9 Å². The Morgan fingerprint density at radius 2 is 2.35 bits per heavy atom. The van der Waals surface area contributed by atoms with E-state index in [1.807, 2.05) is 4.90 Å². The van der Waals surface area contributed by atoms with E-state index in [0.29, 0.717) is 11.7 Å². The van der Waals surface area contributed by atoms with Crippen LogP contribution in [-0.4, -0.2) is 46.3 Å². The predicted octanol–water partition coefficient (Wildman–Crippen LogP) is 1.04. The number of nitrogens with zero attached hydrogens (tertiary/aromatic N) is 3. The second-order valence-corrected chi connectivity index (χ2v) is 4.93. The normalized spacial score (nSPS) is 19.9. The van der Waals surface area contributed by atoms with Crippen LogP contribution in [0.1, 0.15) is 17.4 Å². The highest BCUT2D eigenvalue weighted by Crippen LogP contribution is 2.17. The molecule has 1 aromatic heterocycles. The Kier molecular flexibility index (Phi) is 4.97. The topological polar surface area (TPSA) is 50.2 Å². The van der Waals surface area contributed by atoms with E-state index in [4.69, 9.17) is 0 Å². The highest BCUT2D eigenvalue weighted by Gasteiger charge is 2.25. The average Bonchev–Trinajstić information content (AvgIpc) is 2.58. The van der Waals surface area contributed by atoms with Crippen molar-refractivity contribution in [1.29, 1.82) is 0 Å². The lowest BCUT2D eigenvalue weighted by atomic mass is 10.2. The van der Waals surface area contributed by atoms with Crippen molar-refractivity contribution in [2.75, 3.05) is 19.6 Å². The predicted molar refractivity (Wildman–Crippen MR) is 71.5 cm³/mol. The SMILES string of the molecule is CC1CN(C(=O)c2c(Br)cnn2C)CCN1.Cl. The fraction of sp³-hybridized carbons (Fsp3) is 0.600. The molecule has 2 heterocycles. The van der Waals surface area contributed by atoms with Gasteiger partial charge in [-0.1, -0.05) is 0 Å². The molecule has 96 valence electrons. The molecular weight excluding hydrogens is 307 g/mol. The van der Waals surface area contributed by atoms with Gasteiger partial charge in [0.05, 0.1) is 10.7 Å². The number of piperazine rings is 1. The number of halogens is 2. The molecule has 0 spiro atoms. The highest BCUT2D eigenvalue weighted by molar-refractivity contribution is 9.10. The van der Waals surface area contributed by atoms with E-state index in [1.54, 1.807) is 17.9 Å². The van der Waals surface area contributed by atoms with Crippen molar-refractivity contribution < 1.29 is 4.79 Å². The van der Waals surface area contributed by atoms with Crippen molar-refractivity contribution in [3.8, 4) is 0 Å². The molecule has 2 rings (SSSR count). The molecule has 1 fully saturated rings. The Morgan fingerprint density at radius 3 is 2.88 bits per heavy atom. The minimum atomic E-state index is 0. The van der Waals surface area contributed by atoms with Gasteiger partial charge in [-0.3, -0.25) is 9.48 Å². The lowest BCUT2D eigenvalue weighted by molar-refractivity contribution is 0.0697. The molecule has 1 N–H and O–H groups in total. The molecule has 17 heavy (non-hydrogen) atoms. The molecule has 0 radical (unpaired) electrons. The van der Waals surface area contributed by atoms with Crippen molar-refractivity contribution in [3.63, 3.8) is 0 Å². The number of carbonyl (C=O) groups is 1. The van der Waals surface area contributed by atoms with E-state index < -0.39 is 0 Å². The van der Waals surface area contributed by atoms with Gasteiger partial charge in [0, 0.05) is 32.7 Å². The van der Waals surface area contributed by atoms with Gasteiger partial charge in [0.15, 0.2) is 0 Å². The summed E-state index contributed by atoms with van der Waals surface area (Å²) in [6.07, 6.45) is 1.65. The van der Waals surface area contributed by atoms with Gasteiger partial charge in [0.2, 0.25) is 0 Å². The molecule has 1 amide bonds. The Hall–Kier alpha value is -0.590. The first-order valence-corrected chi connectivity index (χ1v) is 6.09. The summed E-state index contributed by atoms with van der Waals surface area (Å²) in [5.41, 5.74) is 0.620. The second-order valence-electron chi connectivity index (χ2n) is 4.07. The van der Waals surface area contributed by atoms with Crippen molar-refractivity contribution in [2.45, 2.75) is 13.0 Å².